The molecule has 2 aliphatic rings. The Labute approximate surface area is 182 Å². The van der Waals surface area contributed by atoms with Crippen LogP contribution < -0.4 is 20.5 Å². The topological polar surface area (TPSA) is 95.2 Å². The molecule has 0 radical (unpaired) electrons. The third-order valence-corrected chi connectivity index (χ3v) is 5.24. The van der Waals surface area contributed by atoms with Gasteiger partial charge >= 0.3 is 0 Å². The number of nitrogens with two attached hydrogens (primary N) is 1. The molecular formula is C24H29N3O4. The number of aliphatic imine (C=N–C) groups is 1. The second-order valence-corrected chi connectivity index (χ2v) is 9.18. The van der Waals surface area contributed by atoms with Gasteiger partial charge in [0.05, 0.1) is 6.61 Å². The van der Waals surface area contributed by atoms with Crippen LogP contribution in [0.3, 0.4) is 0 Å². The SMILES string of the molecule is CCCNC(=O)c1ccc2c(c1)[C@@]1(COC(N)=N1)c1cc(OCC(C)(C)C)ccc1O2. The number of ether oxygens (including phenoxy) is 3. The Hall–Kier alpha value is -3.22. The molecule has 0 saturated heterocycles. The summed E-state index contributed by atoms with van der Waals surface area (Å²) in [5, 5.41) is 2.91. The highest BCUT2D eigenvalue weighted by Crippen LogP contribution is 2.51. The van der Waals surface area contributed by atoms with Crippen LogP contribution in [0.4, 0.5) is 0 Å². The molecule has 2 heterocycles. The molecule has 2 aromatic carbocycles. The maximum atomic E-state index is 12.6. The first kappa shape index (κ1) is 21.0. The molecular weight excluding hydrogens is 394 g/mol. The van der Waals surface area contributed by atoms with Gasteiger partial charge in [-0.3, -0.25) is 4.79 Å². The van der Waals surface area contributed by atoms with Crippen molar-refractivity contribution in [2.24, 2.45) is 16.1 Å². The van der Waals surface area contributed by atoms with Crippen molar-refractivity contribution in [3.8, 4) is 17.2 Å². The van der Waals surface area contributed by atoms with Gasteiger partial charge in [-0.2, -0.15) is 0 Å². The lowest BCUT2D eigenvalue weighted by Crippen LogP contribution is -2.32. The summed E-state index contributed by atoms with van der Waals surface area (Å²) in [7, 11) is 0. The first-order valence-corrected chi connectivity index (χ1v) is 10.6. The van der Waals surface area contributed by atoms with Crippen molar-refractivity contribution in [2.75, 3.05) is 19.8 Å². The Bertz CT molecular complexity index is 1040. The molecule has 0 saturated carbocycles. The van der Waals surface area contributed by atoms with Gasteiger partial charge < -0.3 is 25.3 Å². The van der Waals surface area contributed by atoms with E-state index in [4.69, 9.17) is 19.9 Å². The van der Waals surface area contributed by atoms with Crippen molar-refractivity contribution in [1.82, 2.24) is 5.32 Å². The lowest BCUT2D eigenvalue weighted by molar-refractivity contribution is 0.0953. The van der Waals surface area contributed by atoms with Gasteiger partial charge in [0.25, 0.3) is 11.9 Å². The smallest absolute Gasteiger partial charge is 0.283 e. The Balaban J connectivity index is 1.77. The van der Waals surface area contributed by atoms with Crippen molar-refractivity contribution in [3.05, 3.63) is 53.1 Å². The second kappa shape index (κ2) is 7.80. The van der Waals surface area contributed by atoms with Crippen LogP contribution in [0.1, 0.15) is 55.6 Å². The Morgan fingerprint density at radius 2 is 1.90 bits per heavy atom. The number of nitrogens with zero attached hydrogens (tertiary/aromatic N) is 1. The van der Waals surface area contributed by atoms with Gasteiger partial charge in [-0.15, -0.1) is 0 Å². The molecule has 1 spiro atoms. The summed E-state index contributed by atoms with van der Waals surface area (Å²) >= 11 is 0. The third kappa shape index (κ3) is 4.04. The zero-order valence-corrected chi connectivity index (χ0v) is 18.5. The normalized spacial score (nSPS) is 19.0. The highest BCUT2D eigenvalue weighted by molar-refractivity contribution is 5.95. The molecule has 3 N–H and O–H groups in total. The number of hydrogen-bond acceptors (Lipinski definition) is 6. The Morgan fingerprint density at radius 3 is 2.55 bits per heavy atom. The summed E-state index contributed by atoms with van der Waals surface area (Å²) < 4.78 is 17.8. The van der Waals surface area contributed by atoms with Crippen LogP contribution in [0.25, 0.3) is 0 Å². The minimum absolute atomic E-state index is 0.0243. The average Bonchev–Trinajstić information content (AvgIpc) is 3.12. The van der Waals surface area contributed by atoms with E-state index in [0.29, 0.717) is 30.2 Å². The molecule has 0 fully saturated rings. The van der Waals surface area contributed by atoms with E-state index < -0.39 is 5.54 Å². The fraction of sp³-hybridized carbons (Fsp3) is 0.417. The average molecular weight is 424 g/mol. The fourth-order valence-corrected chi connectivity index (χ4v) is 3.71. The van der Waals surface area contributed by atoms with Gasteiger partial charge in [-0.25, -0.2) is 4.99 Å². The number of benzene rings is 2. The molecule has 7 heteroatoms. The summed E-state index contributed by atoms with van der Waals surface area (Å²) in [5.41, 5.74) is 7.17. The number of hydrogen-bond donors (Lipinski definition) is 2. The van der Waals surface area contributed by atoms with E-state index in [2.05, 4.69) is 31.1 Å². The molecule has 0 aliphatic carbocycles. The standard InChI is InChI=1S/C24H29N3O4/c1-5-10-26-21(28)15-6-8-19-17(11-15)24(14-30-22(25)27-24)18-12-16(7-9-20(18)31-19)29-13-23(2,3)4/h6-9,11-12H,5,10,13-14H2,1-4H3,(H2,25,27)(H,26,28)/t24-/m0/s1. The lowest BCUT2D eigenvalue weighted by atomic mass is 9.80. The predicted molar refractivity (Wildman–Crippen MR) is 119 cm³/mol. The monoisotopic (exact) mass is 423 g/mol. The third-order valence-electron chi connectivity index (χ3n) is 5.24. The van der Waals surface area contributed by atoms with Gasteiger partial charge in [0.2, 0.25) is 0 Å². The molecule has 1 atom stereocenters. The lowest BCUT2D eigenvalue weighted by Gasteiger charge is -2.34. The molecule has 0 aromatic heterocycles. The highest BCUT2D eigenvalue weighted by Gasteiger charge is 2.47. The number of amides is 1. The van der Waals surface area contributed by atoms with Crippen molar-refractivity contribution < 1.29 is 19.0 Å². The number of carbonyl (C=O) groups excluding carboxylic acids is 1. The van der Waals surface area contributed by atoms with Crippen LogP contribution in [-0.2, 0) is 10.3 Å². The van der Waals surface area contributed by atoms with Crippen LogP contribution in [0.15, 0.2) is 41.4 Å². The number of rotatable bonds is 5. The van der Waals surface area contributed by atoms with Gasteiger partial charge in [0.15, 0.2) is 5.54 Å². The van der Waals surface area contributed by atoms with Crippen molar-refractivity contribution in [1.29, 1.82) is 0 Å². The van der Waals surface area contributed by atoms with E-state index in [1.165, 1.54) is 0 Å². The summed E-state index contributed by atoms with van der Waals surface area (Å²) in [4.78, 5) is 17.3. The number of nitrogens with one attached hydrogen (secondary N) is 1. The molecule has 2 aromatic rings. The van der Waals surface area contributed by atoms with Crippen LogP contribution in [0, 0.1) is 5.41 Å². The second-order valence-electron chi connectivity index (χ2n) is 9.18. The first-order valence-electron chi connectivity index (χ1n) is 10.6. The van der Waals surface area contributed by atoms with E-state index in [1.807, 2.05) is 31.2 Å². The highest BCUT2D eigenvalue weighted by atomic mass is 16.5. The Morgan fingerprint density at radius 1 is 1.19 bits per heavy atom. The summed E-state index contributed by atoms with van der Waals surface area (Å²) in [6.45, 7) is 9.78. The van der Waals surface area contributed by atoms with E-state index in [-0.39, 0.29) is 24.0 Å². The zero-order chi connectivity index (χ0) is 22.2. The number of carbonyl (C=O) groups is 1. The summed E-state index contributed by atoms with van der Waals surface area (Å²) in [5.74, 6) is 1.88. The van der Waals surface area contributed by atoms with E-state index in [1.54, 1.807) is 12.1 Å². The fourth-order valence-electron chi connectivity index (χ4n) is 3.71. The first-order chi connectivity index (χ1) is 14.7. The molecule has 0 bridgehead atoms. The van der Waals surface area contributed by atoms with Crippen LogP contribution >= 0.6 is 0 Å². The Kier molecular flexibility index (Phi) is 5.29. The maximum Gasteiger partial charge on any atom is 0.283 e. The van der Waals surface area contributed by atoms with Gasteiger partial charge in [0.1, 0.15) is 23.9 Å². The van der Waals surface area contributed by atoms with Crippen LogP contribution in [-0.4, -0.2) is 31.7 Å². The largest absolute Gasteiger partial charge is 0.493 e. The van der Waals surface area contributed by atoms with Crippen molar-refractivity contribution in [2.45, 2.75) is 39.7 Å². The summed E-state index contributed by atoms with van der Waals surface area (Å²) in [6, 6.07) is 11.2. The van der Waals surface area contributed by atoms with Crippen molar-refractivity contribution in [3.63, 3.8) is 0 Å². The number of amidine groups is 1. The molecule has 31 heavy (non-hydrogen) atoms. The molecule has 1 amide bonds. The van der Waals surface area contributed by atoms with Crippen molar-refractivity contribution >= 4 is 11.9 Å². The van der Waals surface area contributed by atoms with E-state index >= 15 is 0 Å². The van der Waals surface area contributed by atoms with E-state index in [9.17, 15) is 4.79 Å². The molecule has 4 rings (SSSR count). The molecule has 164 valence electrons. The van der Waals surface area contributed by atoms with Gasteiger partial charge in [0, 0.05) is 23.2 Å². The maximum absolute atomic E-state index is 12.6. The van der Waals surface area contributed by atoms with Gasteiger partial charge in [-0.1, -0.05) is 27.7 Å². The minimum Gasteiger partial charge on any atom is -0.493 e. The molecule has 7 nitrogen and oxygen atoms in total. The van der Waals surface area contributed by atoms with Crippen LogP contribution in [0.5, 0.6) is 17.2 Å². The number of fused-ring (bicyclic) bond motifs is 4. The summed E-state index contributed by atoms with van der Waals surface area (Å²) in [6.07, 6.45) is 0.864. The quantitative estimate of drug-likeness (QED) is 0.759. The van der Waals surface area contributed by atoms with E-state index in [0.717, 1.165) is 23.3 Å². The minimum atomic E-state index is -0.894. The molecule has 0 unspecified atom stereocenters. The van der Waals surface area contributed by atoms with Gasteiger partial charge in [-0.05, 0) is 48.2 Å². The molecule has 2 aliphatic heterocycles. The van der Waals surface area contributed by atoms with Crippen LogP contribution in [0.2, 0.25) is 0 Å². The zero-order valence-electron chi connectivity index (χ0n) is 18.5. The predicted octanol–water partition coefficient (Wildman–Crippen LogP) is 3.95.